The number of benzene rings is 2. The van der Waals surface area contributed by atoms with E-state index in [0.717, 1.165) is 16.3 Å². The van der Waals surface area contributed by atoms with Crippen molar-refractivity contribution in [1.82, 2.24) is 4.98 Å². The summed E-state index contributed by atoms with van der Waals surface area (Å²) in [6.07, 6.45) is 0.0863. The maximum atomic E-state index is 13.8. The number of rotatable bonds is 6. The third-order valence-corrected chi connectivity index (χ3v) is 4.94. The number of anilines is 1. The molecule has 0 aliphatic carbocycles. The summed E-state index contributed by atoms with van der Waals surface area (Å²) < 4.78 is 19.8. The van der Waals surface area contributed by atoms with Crippen molar-refractivity contribution in [1.29, 1.82) is 0 Å². The van der Waals surface area contributed by atoms with E-state index < -0.39 is 5.82 Å². The predicted molar refractivity (Wildman–Crippen MR) is 105 cm³/mol. The van der Waals surface area contributed by atoms with Crippen LogP contribution in [-0.4, -0.2) is 17.5 Å². The average molecular weight is 435 g/mol. The Morgan fingerprint density at radius 2 is 2.04 bits per heavy atom. The molecule has 134 valence electrons. The van der Waals surface area contributed by atoms with Gasteiger partial charge in [-0.15, -0.1) is 11.3 Å². The number of aromatic nitrogens is 1. The van der Waals surface area contributed by atoms with Crippen molar-refractivity contribution >= 4 is 38.9 Å². The van der Waals surface area contributed by atoms with Gasteiger partial charge in [0.05, 0.1) is 24.4 Å². The van der Waals surface area contributed by atoms with E-state index in [9.17, 15) is 9.18 Å². The zero-order valence-electron chi connectivity index (χ0n) is 14.0. The Morgan fingerprint density at radius 3 is 2.73 bits per heavy atom. The van der Waals surface area contributed by atoms with Gasteiger partial charge in [0.15, 0.2) is 0 Å². The van der Waals surface area contributed by atoms with Crippen LogP contribution in [0, 0.1) is 5.82 Å². The summed E-state index contributed by atoms with van der Waals surface area (Å²) in [5.41, 5.74) is 1.76. The van der Waals surface area contributed by atoms with Crippen molar-refractivity contribution in [2.75, 3.05) is 11.9 Å². The van der Waals surface area contributed by atoms with Gasteiger partial charge in [-0.2, -0.15) is 0 Å². The minimum atomic E-state index is -0.485. The summed E-state index contributed by atoms with van der Waals surface area (Å²) in [7, 11) is 0. The molecule has 3 aromatic rings. The first-order chi connectivity index (χ1) is 12.5. The molecule has 0 aliphatic heterocycles. The van der Waals surface area contributed by atoms with E-state index in [0.29, 0.717) is 16.8 Å². The fraction of sp³-hybridized carbons (Fsp3) is 0.158. The zero-order chi connectivity index (χ0) is 18.5. The van der Waals surface area contributed by atoms with Crippen LogP contribution in [0.5, 0.6) is 5.75 Å². The molecule has 0 atom stereocenters. The van der Waals surface area contributed by atoms with Gasteiger partial charge < -0.3 is 10.1 Å². The molecule has 0 saturated carbocycles. The number of carbonyl (C=O) groups excluding carboxylic acids is 1. The van der Waals surface area contributed by atoms with Crippen molar-refractivity contribution in [3.63, 3.8) is 0 Å². The topological polar surface area (TPSA) is 51.2 Å². The Labute approximate surface area is 163 Å². The Morgan fingerprint density at radius 1 is 1.27 bits per heavy atom. The maximum absolute atomic E-state index is 13.8. The SMILES string of the molecule is CCOc1ccc(-c2nc(CC(=O)Nc3ccc(Br)cc3F)cs2)cc1. The fourth-order valence-electron chi connectivity index (χ4n) is 2.33. The first-order valence-corrected chi connectivity index (χ1v) is 9.65. The van der Waals surface area contributed by atoms with Crippen molar-refractivity contribution in [2.45, 2.75) is 13.3 Å². The van der Waals surface area contributed by atoms with Gasteiger partial charge in [0.1, 0.15) is 16.6 Å². The summed E-state index contributed by atoms with van der Waals surface area (Å²) in [6, 6.07) is 12.2. The summed E-state index contributed by atoms with van der Waals surface area (Å²) in [5, 5.41) is 5.23. The van der Waals surface area contributed by atoms with Gasteiger partial charge >= 0.3 is 0 Å². The number of amides is 1. The molecular formula is C19H16BrFN2O2S. The standard InChI is InChI=1S/C19H16BrFN2O2S/c1-2-25-15-6-3-12(4-7-15)19-22-14(11-26-19)10-18(24)23-17-8-5-13(20)9-16(17)21/h3-9,11H,2,10H2,1H3,(H,23,24). The van der Waals surface area contributed by atoms with Gasteiger partial charge in [-0.05, 0) is 49.4 Å². The van der Waals surface area contributed by atoms with Gasteiger partial charge in [0.2, 0.25) is 5.91 Å². The van der Waals surface area contributed by atoms with E-state index in [-0.39, 0.29) is 18.0 Å². The number of halogens is 2. The van der Waals surface area contributed by atoms with Gasteiger partial charge in [-0.25, -0.2) is 9.37 Å². The van der Waals surface area contributed by atoms with Crippen LogP contribution in [-0.2, 0) is 11.2 Å². The molecule has 0 spiro atoms. The van der Waals surface area contributed by atoms with Crippen LogP contribution in [0.25, 0.3) is 10.6 Å². The highest BCUT2D eigenvalue weighted by atomic mass is 79.9. The average Bonchev–Trinajstić information content (AvgIpc) is 3.07. The van der Waals surface area contributed by atoms with E-state index in [1.165, 1.54) is 23.5 Å². The Balaban J connectivity index is 1.65. The number of ether oxygens (including phenoxy) is 1. The first-order valence-electron chi connectivity index (χ1n) is 7.97. The molecule has 3 rings (SSSR count). The van der Waals surface area contributed by atoms with Crippen LogP contribution in [0.1, 0.15) is 12.6 Å². The lowest BCUT2D eigenvalue weighted by molar-refractivity contribution is -0.115. The summed E-state index contributed by atoms with van der Waals surface area (Å²) in [6.45, 7) is 2.56. The molecule has 26 heavy (non-hydrogen) atoms. The number of hydrogen-bond donors (Lipinski definition) is 1. The van der Waals surface area contributed by atoms with Gasteiger partial charge in [-0.3, -0.25) is 4.79 Å². The van der Waals surface area contributed by atoms with Crippen molar-refractivity contribution in [3.05, 3.63) is 63.8 Å². The van der Waals surface area contributed by atoms with Crippen LogP contribution in [0.3, 0.4) is 0 Å². The number of nitrogens with one attached hydrogen (secondary N) is 1. The maximum Gasteiger partial charge on any atom is 0.230 e. The zero-order valence-corrected chi connectivity index (χ0v) is 16.4. The Hall–Kier alpha value is -2.25. The molecule has 1 aromatic heterocycles. The van der Waals surface area contributed by atoms with Gasteiger partial charge in [0, 0.05) is 15.4 Å². The minimum Gasteiger partial charge on any atom is -0.494 e. The van der Waals surface area contributed by atoms with Crippen LogP contribution in [0.2, 0.25) is 0 Å². The van der Waals surface area contributed by atoms with Crippen molar-refractivity contribution < 1.29 is 13.9 Å². The fourth-order valence-corrected chi connectivity index (χ4v) is 3.49. The van der Waals surface area contributed by atoms with E-state index in [4.69, 9.17) is 4.74 Å². The lowest BCUT2D eigenvalue weighted by atomic mass is 10.2. The molecular weight excluding hydrogens is 419 g/mol. The van der Waals surface area contributed by atoms with E-state index in [2.05, 4.69) is 26.2 Å². The lowest BCUT2D eigenvalue weighted by Crippen LogP contribution is -2.15. The number of nitrogens with zero attached hydrogens (tertiary/aromatic N) is 1. The molecule has 0 bridgehead atoms. The molecule has 0 radical (unpaired) electrons. The van der Waals surface area contributed by atoms with E-state index in [1.54, 1.807) is 6.07 Å². The minimum absolute atomic E-state index is 0.0863. The quantitative estimate of drug-likeness (QED) is 0.573. The molecule has 0 saturated heterocycles. The second-order valence-corrected chi connectivity index (χ2v) is 7.22. The van der Waals surface area contributed by atoms with Crippen LogP contribution in [0.4, 0.5) is 10.1 Å². The highest BCUT2D eigenvalue weighted by Gasteiger charge is 2.11. The monoisotopic (exact) mass is 434 g/mol. The molecule has 0 fully saturated rings. The van der Waals surface area contributed by atoms with E-state index >= 15 is 0 Å². The van der Waals surface area contributed by atoms with Crippen LogP contribution in [0.15, 0.2) is 52.3 Å². The number of hydrogen-bond acceptors (Lipinski definition) is 4. The van der Waals surface area contributed by atoms with Crippen molar-refractivity contribution in [3.8, 4) is 16.3 Å². The van der Waals surface area contributed by atoms with Crippen LogP contribution >= 0.6 is 27.3 Å². The lowest BCUT2D eigenvalue weighted by Gasteiger charge is -2.05. The Bertz CT molecular complexity index is 912. The Kier molecular flexibility index (Phi) is 6.00. The first kappa shape index (κ1) is 18.5. The highest BCUT2D eigenvalue weighted by Crippen LogP contribution is 2.26. The third kappa shape index (κ3) is 4.68. The summed E-state index contributed by atoms with van der Waals surface area (Å²) in [4.78, 5) is 16.6. The molecule has 1 amide bonds. The van der Waals surface area contributed by atoms with Gasteiger partial charge in [-0.1, -0.05) is 15.9 Å². The van der Waals surface area contributed by atoms with E-state index in [1.807, 2.05) is 36.6 Å². The molecule has 1 N–H and O–H groups in total. The molecule has 4 nitrogen and oxygen atoms in total. The van der Waals surface area contributed by atoms with Gasteiger partial charge in [0.25, 0.3) is 0 Å². The predicted octanol–water partition coefficient (Wildman–Crippen LogP) is 5.29. The normalized spacial score (nSPS) is 10.6. The van der Waals surface area contributed by atoms with Crippen molar-refractivity contribution in [2.24, 2.45) is 0 Å². The molecule has 1 heterocycles. The molecule has 0 unspecified atom stereocenters. The van der Waals surface area contributed by atoms with Crippen LogP contribution < -0.4 is 10.1 Å². The summed E-state index contributed by atoms with van der Waals surface area (Å²) in [5.74, 6) is 0.0137. The summed E-state index contributed by atoms with van der Waals surface area (Å²) >= 11 is 4.65. The number of thiazole rings is 1. The number of carbonyl (C=O) groups is 1. The highest BCUT2D eigenvalue weighted by molar-refractivity contribution is 9.10. The third-order valence-electron chi connectivity index (χ3n) is 3.51. The molecule has 2 aromatic carbocycles. The largest absolute Gasteiger partial charge is 0.494 e. The molecule has 7 heteroatoms. The molecule has 0 aliphatic rings. The second kappa shape index (κ2) is 8.42. The smallest absolute Gasteiger partial charge is 0.230 e. The second-order valence-electron chi connectivity index (χ2n) is 5.45.